The van der Waals surface area contributed by atoms with Gasteiger partial charge >= 0.3 is 0 Å². The monoisotopic (exact) mass is 173 g/mol. The van der Waals surface area contributed by atoms with Crippen LogP contribution in [0.2, 0.25) is 0 Å². The molecule has 2 nitrogen and oxygen atoms in total. The Morgan fingerprint density at radius 2 is 2.08 bits per heavy atom. The summed E-state index contributed by atoms with van der Waals surface area (Å²) in [7, 11) is 0. The van der Waals surface area contributed by atoms with Crippen LogP contribution in [0, 0.1) is 11.8 Å². The molecule has 0 aliphatic carbocycles. The van der Waals surface area contributed by atoms with Crippen molar-refractivity contribution in [2.45, 2.75) is 6.92 Å². The van der Waals surface area contributed by atoms with Crippen LogP contribution >= 0.6 is 0 Å². The van der Waals surface area contributed by atoms with E-state index in [0.29, 0.717) is 12.1 Å². The summed E-state index contributed by atoms with van der Waals surface area (Å²) in [6, 6.07) is 9.09. The fraction of sp³-hybridized carbons (Fsp3) is 0.182. The molecule has 0 aliphatic heterocycles. The summed E-state index contributed by atoms with van der Waals surface area (Å²) in [5, 5.41) is 2.69. The topological polar surface area (TPSA) is 29.1 Å². The van der Waals surface area contributed by atoms with Crippen molar-refractivity contribution in [3.8, 4) is 11.8 Å². The van der Waals surface area contributed by atoms with Crippen molar-refractivity contribution in [2.24, 2.45) is 0 Å². The molecule has 0 aromatic heterocycles. The third kappa shape index (κ3) is 3.00. The molecule has 66 valence electrons. The number of carbonyl (C=O) groups is 1. The Morgan fingerprint density at radius 3 is 2.69 bits per heavy atom. The van der Waals surface area contributed by atoms with Crippen LogP contribution in [0.3, 0.4) is 0 Å². The van der Waals surface area contributed by atoms with E-state index in [1.54, 1.807) is 19.1 Å². The third-order valence-corrected chi connectivity index (χ3v) is 1.55. The van der Waals surface area contributed by atoms with Crippen molar-refractivity contribution in [3.63, 3.8) is 0 Å². The van der Waals surface area contributed by atoms with Crippen molar-refractivity contribution in [1.82, 2.24) is 5.32 Å². The second kappa shape index (κ2) is 5.00. The first-order valence-corrected chi connectivity index (χ1v) is 4.07. The summed E-state index contributed by atoms with van der Waals surface area (Å²) in [4.78, 5) is 11.3. The molecule has 1 aromatic carbocycles. The van der Waals surface area contributed by atoms with Gasteiger partial charge in [-0.2, -0.15) is 0 Å². The van der Waals surface area contributed by atoms with E-state index in [1.807, 2.05) is 18.2 Å². The van der Waals surface area contributed by atoms with E-state index in [4.69, 9.17) is 0 Å². The highest BCUT2D eigenvalue weighted by Gasteiger charge is 2.00. The average Bonchev–Trinajstić information content (AvgIpc) is 2.19. The second-order valence-electron chi connectivity index (χ2n) is 2.48. The van der Waals surface area contributed by atoms with Gasteiger partial charge in [-0.25, -0.2) is 0 Å². The van der Waals surface area contributed by atoms with Gasteiger partial charge in [0.1, 0.15) is 0 Å². The smallest absolute Gasteiger partial charge is 0.252 e. The normalized spacial score (nSPS) is 8.38. The summed E-state index contributed by atoms with van der Waals surface area (Å²) in [5.74, 6) is 5.40. The molecule has 1 N–H and O–H groups in total. The number of carbonyl (C=O) groups excluding carboxylic acids is 1. The molecule has 1 aromatic rings. The lowest BCUT2D eigenvalue weighted by Gasteiger charge is -1.99. The van der Waals surface area contributed by atoms with Gasteiger partial charge in [-0.1, -0.05) is 24.1 Å². The molecule has 0 unspecified atom stereocenters. The molecule has 0 fully saturated rings. The van der Waals surface area contributed by atoms with E-state index in [2.05, 4.69) is 17.2 Å². The zero-order valence-electron chi connectivity index (χ0n) is 7.50. The first kappa shape index (κ1) is 9.34. The number of benzene rings is 1. The Balaban J connectivity index is 2.53. The average molecular weight is 173 g/mol. The first-order chi connectivity index (χ1) is 6.34. The molecular formula is C11H11NO. The molecule has 0 radical (unpaired) electrons. The van der Waals surface area contributed by atoms with E-state index < -0.39 is 0 Å². The van der Waals surface area contributed by atoms with Gasteiger partial charge in [0.25, 0.3) is 5.91 Å². The quantitative estimate of drug-likeness (QED) is 0.674. The van der Waals surface area contributed by atoms with Crippen molar-refractivity contribution in [1.29, 1.82) is 0 Å². The van der Waals surface area contributed by atoms with Crippen LogP contribution in [-0.2, 0) is 0 Å². The van der Waals surface area contributed by atoms with Gasteiger partial charge in [0, 0.05) is 5.56 Å². The maximum atomic E-state index is 11.3. The zero-order chi connectivity index (χ0) is 9.52. The highest BCUT2D eigenvalue weighted by molar-refractivity contribution is 5.94. The number of nitrogens with one attached hydrogen (secondary N) is 1. The SMILES string of the molecule is CC#CCNC(=O)c1ccccc1. The maximum Gasteiger partial charge on any atom is 0.252 e. The van der Waals surface area contributed by atoms with Gasteiger partial charge in [0.2, 0.25) is 0 Å². The van der Waals surface area contributed by atoms with Crippen LogP contribution in [0.5, 0.6) is 0 Å². The lowest BCUT2D eigenvalue weighted by atomic mass is 10.2. The number of rotatable bonds is 2. The van der Waals surface area contributed by atoms with Gasteiger partial charge in [0.05, 0.1) is 6.54 Å². The molecule has 0 aliphatic rings. The number of hydrogen-bond donors (Lipinski definition) is 1. The Bertz CT molecular complexity index is 332. The first-order valence-electron chi connectivity index (χ1n) is 4.07. The Hall–Kier alpha value is -1.75. The van der Waals surface area contributed by atoms with Gasteiger partial charge < -0.3 is 5.32 Å². The van der Waals surface area contributed by atoms with Crippen LogP contribution in [0.25, 0.3) is 0 Å². The van der Waals surface area contributed by atoms with Crippen molar-refractivity contribution >= 4 is 5.91 Å². The van der Waals surface area contributed by atoms with E-state index >= 15 is 0 Å². The highest BCUT2D eigenvalue weighted by Crippen LogP contribution is 1.96. The fourth-order valence-electron chi connectivity index (χ4n) is 0.904. The van der Waals surface area contributed by atoms with Crippen molar-refractivity contribution in [2.75, 3.05) is 6.54 Å². The summed E-state index contributed by atoms with van der Waals surface area (Å²) in [6.07, 6.45) is 0. The minimum atomic E-state index is -0.0802. The van der Waals surface area contributed by atoms with Gasteiger partial charge in [-0.15, -0.1) is 5.92 Å². The summed E-state index contributed by atoms with van der Waals surface area (Å²) in [6.45, 7) is 2.15. The lowest BCUT2D eigenvalue weighted by molar-refractivity contribution is 0.0958. The third-order valence-electron chi connectivity index (χ3n) is 1.55. The van der Waals surface area contributed by atoms with E-state index in [-0.39, 0.29) is 5.91 Å². The predicted octanol–water partition coefficient (Wildman–Crippen LogP) is 1.44. The molecule has 0 atom stereocenters. The zero-order valence-corrected chi connectivity index (χ0v) is 7.50. The van der Waals surface area contributed by atoms with Gasteiger partial charge in [-0.05, 0) is 19.1 Å². The van der Waals surface area contributed by atoms with E-state index in [0.717, 1.165) is 0 Å². The molecule has 0 heterocycles. The predicted molar refractivity (Wildman–Crippen MR) is 52.2 cm³/mol. The number of hydrogen-bond acceptors (Lipinski definition) is 1. The molecule has 1 rings (SSSR count). The lowest BCUT2D eigenvalue weighted by Crippen LogP contribution is -2.23. The van der Waals surface area contributed by atoms with Crippen molar-refractivity contribution < 1.29 is 4.79 Å². The van der Waals surface area contributed by atoms with E-state index in [1.165, 1.54) is 0 Å². The van der Waals surface area contributed by atoms with Crippen LogP contribution in [0.4, 0.5) is 0 Å². The standard InChI is InChI=1S/C11H11NO/c1-2-3-9-12-11(13)10-7-5-4-6-8-10/h4-8H,9H2,1H3,(H,12,13). The van der Waals surface area contributed by atoms with Crippen LogP contribution in [-0.4, -0.2) is 12.5 Å². The molecule has 13 heavy (non-hydrogen) atoms. The van der Waals surface area contributed by atoms with Gasteiger partial charge in [0.15, 0.2) is 0 Å². The van der Waals surface area contributed by atoms with Crippen LogP contribution in [0.15, 0.2) is 30.3 Å². The van der Waals surface area contributed by atoms with E-state index in [9.17, 15) is 4.79 Å². The molecule has 1 amide bonds. The van der Waals surface area contributed by atoms with Crippen molar-refractivity contribution in [3.05, 3.63) is 35.9 Å². The Morgan fingerprint density at radius 1 is 1.38 bits per heavy atom. The largest absolute Gasteiger partial charge is 0.341 e. The fourth-order valence-corrected chi connectivity index (χ4v) is 0.904. The Labute approximate surface area is 78.0 Å². The minimum Gasteiger partial charge on any atom is -0.341 e. The minimum absolute atomic E-state index is 0.0802. The second-order valence-corrected chi connectivity index (χ2v) is 2.48. The molecule has 0 bridgehead atoms. The van der Waals surface area contributed by atoms with Gasteiger partial charge in [-0.3, -0.25) is 4.79 Å². The molecular weight excluding hydrogens is 162 g/mol. The summed E-state index contributed by atoms with van der Waals surface area (Å²) >= 11 is 0. The molecule has 0 saturated carbocycles. The Kier molecular flexibility index (Phi) is 3.59. The summed E-state index contributed by atoms with van der Waals surface area (Å²) < 4.78 is 0. The highest BCUT2D eigenvalue weighted by atomic mass is 16.1. The maximum absolute atomic E-state index is 11.3. The summed E-state index contributed by atoms with van der Waals surface area (Å²) in [5.41, 5.74) is 0.667. The molecule has 2 heteroatoms. The van der Waals surface area contributed by atoms with Crippen LogP contribution in [0.1, 0.15) is 17.3 Å². The number of amides is 1. The molecule has 0 saturated heterocycles. The molecule has 0 spiro atoms. The van der Waals surface area contributed by atoms with Crippen LogP contribution < -0.4 is 5.32 Å².